The van der Waals surface area contributed by atoms with Crippen molar-refractivity contribution in [3.05, 3.63) is 65.5 Å². The molecule has 0 saturated carbocycles. The Kier molecular flexibility index (Phi) is 10.9. The summed E-state index contributed by atoms with van der Waals surface area (Å²) >= 11 is 0. The molecule has 0 aliphatic carbocycles. The smallest absolute Gasteiger partial charge is 0.243 e. The highest BCUT2D eigenvalue weighted by atomic mass is 32.2. The molecule has 0 radical (unpaired) electrons. The van der Waals surface area contributed by atoms with Crippen molar-refractivity contribution in [2.24, 2.45) is 0 Å². The first-order chi connectivity index (χ1) is 17.0. The lowest BCUT2D eigenvalue weighted by molar-refractivity contribution is -0.141. The van der Waals surface area contributed by atoms with E-state index in [0.29, 0.717) is 6.42 Å². The molecule has 7 nitrogen and oxygen atoms in total. The first-order valence-electron chi connectivity index (χ1n) is 12.4. The van der Waals surface area contributed by atoms with E-state index in [0.717, 1.165) is 28.1 Å². The van der Waals surface area contributed by atoms with Crippen molar-refractivity contribution in [2.45, 2.75) is 72.0 Å². The lowest BCUT2D eigenvalue weighted by atomic mass is 10.0. The van der Waals surface area contributed by atoms with Crippen molar-refractivity contribution in [3.63, 3.8) is 0 Å². The van der Waals surface area contributed by atoms with Crippen LogP contribution in [0.25, 0.3) is 0 Å². The number of nitrogens with zero attached hydrogens (tertiary/aromatic N) is 2. The maximum absolute atomic E-state index is 14.3. The zero-order valence-electron chi connectivity index (χ0n) is 21.8. The fraction of sp³-hybridized carbons (Fsp3) is 0.481. The minimum atomic E-state index is -3.76. The number of rotatable bonds is 13. The minimum Gasteiger partial charge on any atom is -0.352 e. The second kappa shape index (κ2) is 13.4. The molecule has 0 spiro atoms. The standard InChI is InChI=1S/C27H38FN3O4S/c1-6-21(4)29-27(33)24(7-2)30(19-22-14-9-8-13-20(22)3)26(32)17-12-18-31(36(5,34)35)25-16-11-10-15-23(25)28/h8-11,13-16,21,24H,6-7,12,17-19H2,1-5H3,(H,29,33)/t21-,24+/m1/s1. The SMILES string of the molecule is CC[C@@H](C)NC(=O)[C@H](CC)N(Cc1ccccc1C)C(=O)CCCN(c1ccccc1F)S(C)(=O)=O. The minimum absolute atomic E-state index is 0.0134. The van der Waals surface area contributed by atoms with Crippen LogP contribution in [0.1, 0.15) is 57.6 Å². The van der Waals surface area contributed by atoms with Crippen molar-refractivity contribution in [1.82, 2.24) is 10.2 Å². The first kappa shape index (κ1) is 29.3. The van der Waals surface area contributed by atoms with E-state index in [9.17, 15) is 22.4 Å². The van der Waals surface area contributed by atoms with Crippen molar-refractivity contribution < 1.29 is 22.4 Å². The predicted octanol–water partition coefficient (Wildman–Crippen LogP) is 4.40. The van der Waals surface area contributed by atoms with Gasteiger partial charge in [-0.25, -0.2) is 12.8 Å². The number of nitrogens with one attached hydrogen (secondary N) is 1. The summed E-state index contributed by atoms with van der Waals surface area (Å²) in [7, 11) is -3.76. The number of sulfonamides is 1. The van der Waals surface area contributed by atoms with Gasteiger partial charge in [-0.15, -0.1) is 0 Å². The molecular weight excluding hydrogens is 481 g/mol. The van der Waals surface area contributed by atoms with Crippen molar-refractivity contribution >= 4 is 27.5 Å². The van der Waals surface area contributed by atoms with Crippen LogP contribution in [0.2, 0.25) is 0 Å². The van der Waals surface area contributed by atoms with E-state index in [1.54, 1.807) is 11.0 Å². The number of para-hydroxylation sites is 1. The molecule has 1 N–H and O–H groups in total. The summed E-state index contributed by atoms with van der Waals surface area (Å²) in [5.74, 6) is -1.12. The summed E-state index contributed by atoms with van der Waals surface area (Å²) in [5, 5.41) is 2.98. The van der Waals surface area contributed by atoms with Crippen LogP contribution in [-0.2, 0) is 26.2 Å². The number of halogens is 1. The molecule has 2 amide bonds. The molecule has 0 aromatic heterocycles. The van der Waals surface area contributed by atoms with Crippen LogP contribution in [-0.4, -0.2) is 50.0 Å². The van der Waals surface area contributed by atoms with E-state index in [4.69, 9.17) is 0 Å². The molecule has 0 heterocycles. The zero-order valence-corrected chi connectivity index (χ0v) is 22.6. The molecule has 0 bridgehead atoms. The van der Waals surface area contributed by atoms with Gasteiger partial charge in [-0.3, -0.25) is 13.9 Å². The summed E-state index contributed by atoms with van der Waals surface area (Å²) in [4.78, 5) is 28.1. The van der Waals surface area contributed by atoms with Crippen LogP contribution in [0, 0.1) is 12.7 Å². The number of benzene rings is 2. The summed E-state index contributed by atoms with van der Waals surface area (Å²) in [6.07, 6.45) is 2.40. The average Bonchev–Trinajstić information content (AvgIpc) is 2.82. The van der Waals surface area contributed by atoms with Gasteiger partial charge in [-0.1, -0.05) is 50.2 Å². The van der Waals surface area contributed by atoms with Gasteiger partial charge in [0.1, 0.15) is 11.9 Å². The Hall–Kier alpha value is -2.94. The number of carbonyl (C=O) groups is 2. The summed E-state index contributed by atoms with van der Waals surface area (Å²) < 4.78 is 40.0. The molecule has 9 heteroatoms. The van der Waals surface area contributed by atoms with E-state index in [1.807, 2.05) is 52.0 Å². The Balaban J connectivity index is 2.25. The molecule has 2 aromatic rings. The Labute approximate surface area is 214 Å². The van der Waals surface area contributed by atoms with Gasteiger partial charge in [-0.2, -0.15) is 0 Å². The van der Waals surface area contributed by atoms with Gasteiger partial charge in [-0.05, 0) is 56.4 Å². The lowest BCUT2D eigenvalue weighted by Gasteiger charge is -2.32. The molecule has 0 aliphatic rings. The van der Waals surface area contributed by atoms with Gasteiger partial charge in [0.25, 0.3) is 0 Å². The predicted molar refractivity (Wildman–Crippen MR) is 142 cm³/mol. The van der Waals surface area contributed by atoms with Gasteiger partial charge >= 0.3 is 0 Å². The highest BCUT2D eigenvalue weighted by Crippen LogP contribution is 2.23. The van der Waals surface area contributed by atoms with Crippen LogP contribution >= 0.6 is 0 Å². The molecular formula is C27H38FN3O4S. The third-order valence-electron chi connectivity index (χ3n) is 6.26. The highest BCUT2D eigenvalue weighted by Gasteiger charge is 2.30. The van der Waals surface area contributed by atoms with Gasteiger partial charge in [0, 0.05) is 25.6 Å². The number of aryl methyl sites for hydroxylation is 1. The van der Waals surface area contributed by atoms with E-state index >= 15 is 0 Å². The fourth-order valence-electron chi connectivity index (χ4n) is 3.97. The third-order valence-corrected chi connectivity index (χ3v) is 7.44. The largest absolute Gasteiger partial charge is 0.352 e. The van der Waals surface area contributed by atoms with Crippen LogP contribution in [0.4, 0.5) is 10.1 Å². The molecule has 2 atom stereocenters. The second-order valence-corrected chi connectivity index (χ2v) is 11.0. The van der Waals surface area contributed by atoms with Crippen molar-refractivity contribution in [1.29, 1.82) is 0 Å². The van der Waals surface area contributed by atoms with E-state index < -0.39 is 21.9 Å². The zero-order chi connectivity index (χ0) is 26.9. The van der Waals surface area contributed by atoms with Crippen molar-refractivity contribution in [3.8, 4) is 0 Å². The molecule has 0 fully saturated rings. The van der Waals surface area contributed by atoms with E-state index in [-0.39, 0.29) is 49.5 Å². The number of carbonyl (C=O) groups excluding carboxylic acids is 2. The third kappa shape index (κ3) is 8.05. The maximum Gasteiger partial charge on any atom is 0.243 e. The van der Waals surface area contributed by atoms with E-state index in [2.05, 4.69) is 5.32 Å². The number of anilines is 1. The van der Waals surface area contributed by atoms with E-state index in [1.165, 1.54) is 18.2 Å². The Bertz CT molecular complexity index is 1140. The fourth-order valence-corrected chi connectivity index (χ4v) is 4.93. The molecule has 2 rings (SSSR count). The molecule has 0 saturated heterocycles. The summed E-state index contributed by atoms with van der Waals surface area (Å²) in [6.45, 7) is 7.92. The molecule has 198 valence electrons. The quantitative estimate of drug-likeness (QED) is 0.425. The monoisotopic (exact) mass is 519 g/mol. The van der Waals surface area contributed by atoms with Crippen molar-refractivity contribution in [2.75, 3.05) is 17.1 Å². The van der Waals surface area contributed by atoms with Gasteiger partial charge in [0.15, 0.2) is 0 Å². The first-order valence-corrected chi connectivity index (χ1v) is 14.2. The summed E-state index contributed by atoms with van der Waals surface area (Å²) in [6, 6.07) is 12.7. The average molecular weight is 520 g/mol. The van der Waals surface area contributed by atoms with Gasteiger partial charge < -0.3 is 10.2 Å². The second-order valence-electron chi connectivity index (χ2n) is 9.08. The molecule has 2 aromatic carbocycles. The van der Waals surface area contributed by atoms with Gasteiger partial charge in [0.05, 0.1) is 11.9 Å². The topological polar surface area (TPSA) is 86.8 Å². The molecule has 0 unspecified atom stereocenters. The number of amides is 2. The Morgan fingerprint density at radius 1 is 1.03 bits per heavy atom. The van der Waals surface area contributed by atoms with Crippen LogP contribution in [0.3, 0.4) is 0 Å². The maximum atomic E-state index is 14.3. The molecule has 0 aliphatic heterocycles. The van der Waals surface area contributed by atoms with Crippen LogP contribution < -0.4 is 9.62 Å². The highest BCUT2D eigenvalue weighted by molar-refractivity contribution is 7.92. The lowest BCUT2D eigenvalue weighted by Crippen LogP contribution is -2.50. The molecule has 36 heavy (non-hydrogen) atoms. The number of hydrogen-bond donors (Lipinski definition) is 1. The summed E-state index contributed by atoms with van der Waals surface area (Å²) in [5.41, 5.74) is 1.89. The van der Waals surface area contributed by atoms with Crippen LogP contribution in [0.15, 0.2) is 48.5 Å². The number of hydrogen-bond acceptors (Lipinski definition) is 4. The van der Waals surface area contributed by atoms with Crippen LogP contribution in [0.5, 0.6) is 0 Å². The Morgan fingerprint density at radius 3 is 2.25 bits per heavy atom. The van der Waals surface area contributed by atoms with Gasteiger partial charge in [0.2, 0.25) is 21.8 Å². The Morgan fingerprint density at radius 2 is 1.67 bits per heavy atom. The normalized spacial score (nSPS) is 13.1.